The smallest absolute Gasteiger partial charge is 0.0615 e. The lowest BCUT2D eigenvalue weighted by atomic mass is 10.1. The average Bonchev–Trinajstić information content (AvgIpc) is 2.89. The van der Waals surface area contributed by atoms with Crippen LogP contribution in [0.25, 0.3) is 0 Å². The number of halogens is 1. The molecule has 0 atom stereocenters. The Balaban J connectivity index is 1.82. The molecule has 0 amide bonds. The molecule has 1 aliphatic carbocycles. The quantitative estimate of drug-likeness (QED) is 0.863. The number of benzene rings is 2. The van der Waals surface area contributed by atoms with Crippen LogP contribution in [0.15, 0.2) is 36.4 Å². The van der Waals surface area contributed by atoms with E-state index in [1.807, 2.05) is 18.2 Å². The third-order valence-electron chi connectivity index (χ3n) is 3.99. The van der Waals surface area contributed by atoms with Crippen molar-refractivity contribution in [1.29, 1.82) is 0 Å². The highest BCUT2D eigenvalue weighted by molar-refractivity contribution is 6.31. The number of rotatable bonds is 3. The van der Waals surface area contributed by atoms with E-state index in [-0.39, 0.29) is 0 Å². The predicted octanol–water partition coefficient (Wildman–Crippen LogP) is 4.05. The van der Waals surface area contributed by atoms with Gasteiger partial charge in [-0.3, -0.25) is 0 Å². The van der Waals surface area contributed by atoms with Crippen molar-refractivity contribution in [1.82, 2.24) is 0 Å². The molecule has 2 aromatic carbocycles. The van der Waals surface area contributed by atoms with Gasteiger partial charge < -0.3 is 10.6 Å². The molecular weight excluding hydrogens is 268 g/mol. The van der Waals surface area contributed by atoms with Crippen molar-refractivity contribution in [2.24, 2.45) is 0 Å². The summed E-state index contributed by atoms with van der Waals surface area (Å²) >= 11 is 6.06. The van der Waals surface area contributed by atoms with Crippen LogP contribution in [-0.2, 0) is 19.4 Å². The lowest BCUT2D eigenvalue weighted by molar-refractivity contribution is 0.907. The highest BCUT2D eigenvalue weighted by atomic mass is 35.5. The van der Waals surface area contributed by atoms with Crippen LogP contribution in [0.1, 0.15) is 23.1 Å². The van der Waals surface area contributed by atoms with Crippen molar-refractivity contribution in [2.75, 3.05) is 17.7 Å². The van der Waals surface area contributed by atoms with Crippen LogP contribution >= 0.6 is 11.6 Å². The van der Waals surface area contributed by atoms with Crippen molar-refractivity contribution in [2.45, 2.75) is 25.8 Å². The summed E-state index contributed by atoms with van der Waals surface area (Å²) in [6.07, 6.45) is 3.73. The molecule has 0 aromatic heterocycles. The maximum absolute atomic E-state index is 6.06. The topological polar surface area (TPSA) is 29.3 Å². The van der Waals surface area contributed by atoms with Gasteiger partial charge in [-0.25, -0.2) is 0 Å². The Morgan fingerprint density at radius 3 is 2.75 bits per heavy atom. The molecule has 0 saturated heterocycles. The number of aryl methyl sites for hydroxylation is 2. The van der Waals surface area contributed by atoms with Crippen molar-refractivity contribution in [3.63, 3.8) is 0 Å². The van der Waals surface area contributed by atoms with Crippen LogP contribution in [0.5, 0.6) is 0 Å². The first-order valence-corrected chi connectivity index (χ1v) is 7.38. The number of nitrogen functional groups attached to an aromatic ring is 1. The predicted molar refractivity (Wildman–Crippen MR) is 86.4 cm³/mol. The van der Waals surface area contributed by atoms with Crippen molar-refractivity contribution in [3.05, 3.63) is 58.1 Å². The first kappa shape index (κ1) is 13.3. The number of fused-ring (bicyclic) bond motifs is 1. The molecule has 0 radical (unpaired) electrons. The number of hydrogen-bond acceptors (Lipinski definition) is 2. The van der Waals surface area contributed by atoms with Gasteiger partial charge in [-0.05, 0) is 54.2 Å². The van der Waals surface area contributed by atoms with E-state index < -0.39 is 0 Å². The molecule has 3 rings (SSSR count). The molecule has 2 N–H and O–H groups in total. The third-order valence-corrected chi connectivity index (χ3v) is 4.22. The van der Waals surface area contributed by atoms with Gasteiger partial charge in [0.15, 0.2) is 0 Å². The fourth-order valence-electron chi connectivity index (χ4n) is 2.93. The summed E-state index contributed by atoms with van der Waals surface area (Å²) in [4.78, 5) is 2.15. The minimum absolute atomic E-state index is 0.718. The van der Waals surface area contributed by atoms with Gasteiger partial charge in [0.2, 0.25) is 0 Å². The van der Waals surface area contributed by atoms with E-state index in [4.69, 9.17) is 17.3 Å². The zero-order valence-corrected chi connectivity index (χ0v) is 12.5. The van der Waals surface area contributed by atoms with Crippen LogP contribution in [0.3, 0.4) is 0 Å². The van der Waals surface area contributed by atoms with E-state index in [1.54, 1.807) is 0 Å². The largest absolute Gasteiger partial charge is 0.397 e. The number of nitrogens with zero attached hydrogens (tertiary/aromatic N) is 1. The van der Waals surface area contributed by atoms with Gasteiger partial charge in [0.1, 0.15) is 0 Å². The Hall–Kier alpha value is -1.67. The van der Waals surface area contributed by atoms with Gasteiger partial charge in [-0.1, -0.05) is 29.8 Å². The summed E-state index contributed by atoms with van der Waals surface area (Å²) in [7, 11) is 2.05. The second-order valence-electron chi connectivity index (χ2n) is 5.52. The third kappa shape index (κ3) is 2.61. The number of hydrogen-bond donors (Lipinski definition) is 1. The Bertz CT molecular complexity index is 637. The fraction of sp³-hybridized carbons (Fsp3) is 0.294. The zero-order valence-electron chi connectivity index (χ0n) is 11.7. The molecular formula is C17H19ClN2. The SMILES string of the molecule is CN(Cc1ccc2c(c1)CCC2)c1cc(Cl)ccc1N. The minimum atomic E-state index is 0.718. The van der Waals surface area contributed by atoms with Crippen LogP contribution < -0.4 is 10.6 Å². The monoisotopic (exact) mass is 286 g/mol. The molecule has 0 aliphatic heterocycles. The van der Waals surface area contributed by atoms with E-state index in [1.165, 1.54) is 36.0 Å². The Labute approximate surface area is 125 Å². The molecule has 0 fully saturated rings. The number of nitrogens with two attached hydrogens (primary N) is 1. The van der Waals surface area contributed by atoms with Gasteiger partial charge in [-0.15, -0.1) is 0 Å². The highest BCUT2D eigenvalue weighted by Crippen LogP contribution is 2.28. The molecule has 3 heteroatoms. The van der Waals surface area contributed by atoms with E-state index in [0.717, 1.165) is 22.9 Å². The molecule has 0 saturated carbocycles. The standard InChI is InChI=1S/C17H19ClN2/c1-20(17-10-15(18)7-8-16(17)19)11-12-5-6-13-3-2-4-14(13)9-12/h5-10H,2-4,11,19H2,1H3. The van der Waals surface area contributed by atoms with Crippen LogP contribution in [-0.4, -0.2) is 7.05 Å². The fourth-order valence-corrected chi connectivity index (χ4v) is 3.10. The second kappa shape index (κ2) is 5.37. The van der Waals surface area contributed by atoms with Crippen molar-refractivity contribution >= 4 is 23.0 Å². The highest BCUT2D eigenvalue weighted by Gasteiger charge is 2.12. The summed E-state index contributed by atoms with van der Waals surface area (Å²) in [6, 6.07) is 12.4. The molecule has 2 nitrogen and oxygen atoms in total. The normalized spacial score (nSPS) is 13.3. The molecule has 0 unspecified atom stereocenters. The van der Waals surface area contributed by atoms with E-state index in [2.05, 4.69) is 30.1 Å². The Morgan fingerprint density at radius 2 is 1.90 bits per heavy atom. The Kier molecular flexibility index (Phi) is 3.58. The van der Waals surface area contributed by atoms with Crippen molar-refractivity contribution in [3.8, 4) is 0 Å². The van der Waals surface area contributed by atoms with Gasteiger partial charge in [0.25, 0.3) is 0 Å². The van der Waals surface area contributed by atoms with Crippen molar-refractivity contribution < 1.29 is 0 Å². The van der Waals surface area contributed by atoms with Gasteiger partial charge in [0, 0.05) is 18.6 Å². The lowest BCUT2D eigenvalue weighted by Gasteiger charge is -2.22. The lowest BCUT2D eigenvalue weighted by Crippen LogP contribution is -2.17. The minimum Gasteiger partial charge on any atom is -0.397 e. The van der Waals surface area contributed by atoms with E-state index in [9.17, 15) is 0 Å². The zero-order chi connectivity index (χ0) is 14.1. The summed E-state index contributed by atoms with van der Waals surface area (Å²) in [5, 5.41) is 0.718. The molecule has 0 heterocycles. The summed E-state index contributed by atoms with van der Waals surface area (Å²) < 4.78 is 0. The summed E-state index contributed by atoms with van der Waals surface area (Å²) in [5.41, 5.74) is 12.1. The second-order valence-corrected chi connectivity index (χ2v) is 5.95. The molecule has 2 aromatic rings. The maximum atomic E-state index is 6.06. The van der Waals surface area contributed by atoms with Crippen LogP contribution in [0.4, 0.5) is 11.4 Å². The molecule has 20 heavy (non-hydrogen) atoms. The molecule has 104 valence electrons. The number of anilines is 2. The Morgan fingerprint density at radius 1 is 1.10 bits per heavy atom. The van der Waals surface area contributed by atoms with Gasteiger partial charge in [0.05, 0.1) is 11.4 Å². The van der Waals surface area contributed by atoms with Gasteiger partial charge in [-0.2, -0.15) is 0 Å². The summed E-state index contributed by atoms with van der Waals surface area (Å²) in [5.74, 6) is 0. The van der Waals surface area contributed by atoms with Gasteiger partial charge >= 0.3 is 0 Å². The summed E-state index contributed by atoms with van der Waals surface area (Å²) in [6.45, 7) is 0.845. The molecule has 0 spiro atoms. The van der Waals surface area contributed by atoms with E-state index >= 15 is 0 Å². The maximum Gasteiger partial charge on any atom is 0.0615 e. The van der Waals surface area contributed by atoms with E-state index in [0.29, 0.717) is 0 Å². The van der Waals surface area contributed by atoms with Crippen LogP contribution in [0, 0.1) is 0 Å². The first-order valence-electron chi connectivity index (χ1n) is 7.00. The molecule has 0 bridgehead atoms. The van der Waals surface area contributed by atoms with Crippen LogP contribution in [0.2, 0.25) is 5.02 Å². The average molecular weight is 287 g/mol. The first-order chi connectivity index (χ1) is 9.63. The molecule has 1 aliphatic rings.